The van der Waals surface area contributed by atoms with Crippen LogP contribution in [0.25, 0.3) is 0 Å². The lowest BCUT2D eigenvalue weighted by Crippen LogP contribution is -2.20. The fourth-order valence-electron chi connectivity index (χ4n) is 1.38. The van der Waals surface area contributed by atoms with Gasteiger partial charge in [0.05, 0.1) is 4.47 Å². The van der Waals surface area contributed by atoms with Gasteiger partial charge in [0, 0.05) is 18.0 Å². The van der Waals surface area contributed by atoms with Crippen molar-refractivity contribution in [3.05, 3.63) is 10.7 Å². The number of nitrogens with two attached hydrogens (primary N) is 1. The molecule has 0 radical (unpaired) electrons. The lowest BCUT2D eigenvalue weighted by atomic mass is 10.2. The van der Waals surface area contributed by atoms with Crippen LogP contribution >= 0.6 is 27.7 Å². The maximum Gasteiger partial charge on any atom is 0.239 e. The highest BCUT2D eigenvalue weighted by atomic mass is 79.9. The van der Waals surface area contributed by atoms with Gasteiger partial charge in [-0.05, 0) is 28.1 Å². The molecule has 2 rings (SSSR count). The van der Waals surface area contributed by atoms with Crippen molar-refractivity contribution in [3.8, 4) is 0 Å². The summed E-state index contributed by atoms with van der Waals surface area (Å²) in [6.45, 7) is 0. The number of nitrogen functional groups attached to an aromatic ring is 1. The molecule has 0 aromatic carbocycles. The highest BCUT2D eigenvalue weighted by Gasteiger charge is 2.17. The van der Waals surface area contributed by atoms with Gasteiger partial charge >= 0.3 is 0 Å². The Balaban J connectivity index is 2.11. The molecule has 5 nitrogen and oxygen atoms in total. The van der Waals surface area contributed by atoms with Crippen molar-refractivity contribution in [1.82, 2.24) is 9.97 Å². The topological polar surface area (TPSA) is 75.9 Å². The Kier molecular flexibility index (Phi) is 3.66. The van der Waals surface area contributed by atoms with Crippen LogP contribution in [0.3, 0.4) is 0 Å². The van der Waals surface area contributed by atoms with Crippen LogP contribution in [0.5, 0.6) is 0 Å². The van der Waals surface area contributed by atoms with Crippen LogP contribution in [0, 0.1) is 0 Å². The Labute approximate surface area is 101 Å². The zero-order valence-electron chi connectivity index (χ0n) is 8.03. The van der Waals surface area contributed by atoms with E-state index in [9.17, 15) is 0 Å². The summed E-state index contributed by atoms with van der Waals surface area (Å²) in [4.78, 5) is 8.23. The molecule has 7 heteroatoms. The molecule has 1 fully saturated rings. The van der Waals surface area contributed by atoms with Gasteiger partial charge < -0.3 is 5.32 Å². The molecule has 15 heavy (non-hydrogen) atoms. The van der Waals surface area contributed by atoms with E-state index in [1.165, 1.54) is 12.2 Å². The summed E-state index contributed by atoms with van der Waals surface area (Å²) in [6.07, 6.45) is 2.86. The van der Waals surface area contributed by atoms with E-state index in [0.29, 0.717) is 12.0 Å². The summed E-state index contributed by atoms with van der Waals surface area (Å²) >= 11 is 5.36. The summed E-state index contributed by atoms with van der Waals surface area (Å²) in [6, 6.07) is 0.492. The van der Waals surface area contributed by atoms with E-state index < -0.39 is 0 Å². The van der Waals surface area contributed by atoms with E-state index in [1.807, 2.05) is 11.8 Å². The smallest absolute Gasteiger partial charge is 0.239 e. The highest BCUT2D eigenvalue weighted by Crippen LogP contribution is 2.25. The first-order chi connectivity index (χ1) is 7.29. The van der Waals surface area contributed by atoms with Crippen LogP contribution in [0.15, 0.2) is 10.7 Å². The van der Waals surface area contributed by atoms with Crippen LogP contribution in [0.4, 0.5) is 11.8 Å². The van der Waals surface area contributed by atoms with Crippen molar-refractivity contribution in [2.45, 2.75) is 12.5 Å². The maximum atomic E-state index is 5.25. The minimum Gasteiger partial charge on any atom is -0.365 e. The molecule has 4 N–H and O–H groups in total. The number of hydrazine groups is 1. The molecule has 0 bridgehead atoms. The molecule has 1 aliphatic rings. The average Bonchev–Trinajstić information content (AvgIpc) is 2.74. The van der Waals surface area contributed by atoms with Crippen LogP contribution in [0.2, 0.25) is 0 Å². The molecule has 0 spiro atoms. The SMILES string of the molecule is NNc1ncc(Br)c(NC2CCSC2)n1. The van der Waals surface area contributed by atoms with Gasteiger partial charge in [0.1, 0.15) is 5.82 Å². The summed E-state index contributed by atoms with van der Waals surface area (Å²) in [5, 5.41) is 3.37. The number of nitrogens with one attached hydrogen (secondary N) is 2. The largest absolute Gasteiger partial charge is 0.365 e. The third kappa shape index (κ3) is 2.73. The lowest BCUT2D eigenvalue weighted by Gasteiger charge is -2.13. The van der Waals surface area contributed by atoms with E-state index in [4.69, 9.17) is 5.84 Å². The number of halogens is 1. The number of anilines is 2. The quantitative estimate of drug-likeness (QED) is 0.578. The predicted octanol–water partition coefficient (Wildman–Crippen LogP) is 1.44. The number of aromatic nitrogens is 2. The minimum absolute atomic E-state index is 0.423. The number of thioether (sulfide) groups is 1. The Morgan fingerprint density at radius 3 is 3.13 bits per heavy atom. The summed E-state index contributed by atoms with van der Waals surface area (Å²) in [7, 11) is 0. The second kappa shape index (κ2) is 5.00. The van der Waals surface area contributed by atoms with Crippen molar-refractivity contribution < 1.29 is 0 Å². The van der Waals surface area contributed by atoms with E-state index >= 15 is 0 Å². The number of rotatable bonds is 3. The van der Waals surface area contributed by atoms with Gasteiger partial charge in [-0.1, -0.05) is 0 Å². The molecule has 1 atom stereocenters. The molecule has 1 saturated heterocycles. The predicted molar refractivity (Wildman–Crippen MR) is 66.9 cm³/mol. The first kappa shape index (κ1) is 11.0. The Morgan fingerprint density at radius 2 is 2.47 bits per heavy atom. The normalized spacial score (nSPS) is 20.3. The van der Waals surface area contributed by atoms with E-state index in [0.717, 1.165) is 16.0 Å². The summed E-state index contributed by atoms with van der Waals surface area (Å²) < 4.78 is 0.860. The van der Waals surface area contributed by atoms with Gasteiger partial charge in [-0.3, -0.25) is 5.43 Å². The molecular formula is C8H12BrN5S. The minimum atomic E-state index is 0.423. The van der Waals surface area contributed by atoms with Gasteiger partial charge in [0.2, 0.25) is 5.95 Å². The molecule has 2 heterocycles. The molecule has 1 aromatic heterocycles. The van der Waals surface area contributed by atoms with Crippen molar-refractivity contribution >= 4 is 39.5 Å². The molecular weight excluding hydrogens is 278 g/mol. The lowest BCUT2D eigenvalue weighted by molar-refractivity contribution is 0.804. The zero-order chi connectivity index (χ0) is 10.7. The second-order valence-electron chi connectivity index (χ2n) is 3.24. The fourth-order valence-corrected chi connectivity index (χ4v) is 2.84. The third-order valence-electron chi connectivity index (χ3n) is 2.14. The Bertz CT molecular complexity index is 342. The molecule has 82 valence electrons. The standard InChI is InChI=1S/C8H12BrN5S/c9-6-3-11-8(14-10)13-7(6)12-5-1-2-15-4-5/h3,5H,1-2,4,10H2,(H2,11,12,13,14). The number of hydrogen-bond donors (Lipinski definition) is 3. The first-order valence-corrected chi connectivity index (χ1v) is 6.58. The fraction of sp³-hybridized carbons (Fsp3) is 0.500. The van der Waals surface area contributed by atoms with Crippen LogP contribution in [0.1, 0.15) is 6.42 Å². The summed E-state index contributed by atoms with van der Waals surface area (Å²) in [5.41, 5.74) is 2.43. The highest BCUT2D eigenvalue weighted by molar-refractivity contribution is 9.10. The maximum absolute atomic E-state index is 5.25. The van der Waals surface area contributed by atoms with Crippen molar-refractivity contribution in [2.75, 3.05) is 22.2 Å². The van der Waals surface area contributed by atoms with Crippen molar-refractivity contribution in [2.24, 2.45) is 5.84 Å². The molecule has 0 aliphatic carbocycles. The molecule has 0 amide bonds. The van der Waals surface area contributed by atoms with Gasteiger partial charge in [0.15, 0.2) is 0 Å². The first-order valence-electron chi connectivity index (χ1n) is 4.63. The Hall–Kier alpha value is -0.530. The van der Waals surface area contributed by atoms with Crippen molar-refractivity contribution in [3.63, 3.8) is 0 Å². The molecule has 0 saturated carbocycles. The zero-order valence-corrected chi connectivity index (χ0v) is 10.4. The summed E-state index contributed by atoms with van der Waals surface area (Å²) in [5.74, 6) is 8.81. The second-order valence-corrected chi connectivity index (χ2v) is 5.24. The third-order valence-corrected chi connectivity index (χ3v) is 3.89. The average molecular weight is 290 g/mol. The molecule has 1 aliphatic heterocycles. The monoisotopic (exact) mass is 289 g/mol. The van der Waals surface area contributed by atoms with Gasteiger partial charge in [-0.2, -0.15) is 16.7 Å². The van der Waals surface area contributed by atoms with E-state index in [1.54, 1.807) is 6.20 Å². The van der Waals surface area contributed by atoms with E-state index in [-0.39, 0.29) is 0 Å². The van der Waals surface area contributed by atoms with Crippen LogP contribution < -0.4 is 16.6 Å². The van der Waals surface area contributed by atoms with Crippen molar-refractivity contribution in [1.29, 1.82) is 0 Å². The van der Waals surface area contributed by atoms with Crippen LogP contribution in [-0.4, -0.2) is 27.5 Å². The van der Waals surface area contributed by atoms with Gasteiger partial charge in [-0.25, -0.2) is 10.8 Å². The van der Waals surface area contributed by atoms with E-state index in [2.05, 4.69) is 36.6 Å². The van der Waals surface area contributed by atoms with Gasteiger partial charge in [0.25, 0.3) is 0 Å². The molecule has 1 aromatic rings. The molecule has 1 unspecified atom stereocenters. The Morgan fingerprint density at radius 1 is 1.60 bits per heavy atom. The van der Waals surface area contributed by atoms with Gasteiger partial charge in [-0.15, -0.1) is 0 Å². The number of nitrogens with zero attached hydrogens (tertiary/aromatic N) is 2. The number of hydrogen-bond acceptors (Lipinski definition) is 6. The van der Waals surface area contributed by atoms with Crippen LogP contribution in [-0.2, 0) is 0 Å².